The molecule has 0 radical (unpaired) electrons. The largest absolute Gasteiger partial charge is 2.00 e. The summed E-state index contributed by atoms with van der Waals surface area (Å²) in [6.45, 7) is 0. The van der Waals surface area contributed by atoms with Crippen molar-refractivity contribution in [2.24, 2.45) is 0 Å². The van der Waals surface area contributed by atoms with Gasteiger partial charge in [-0.3, -0.25) is 0 Å². The Morgan fingerprint density at radius 1 is 1.40 bits per heavy atom. The molecule has 0 saturated carbocycles. The second-order valence-electron chi connectivity index (χ2n) is 0.307. The summed E-state index contributed by atoms with van der Waals surface area (Å²) in [6, 6.07) is 0. The Balaban J connectivity index is 0. The molecule has 0 aromatic heterocycles. The van der Waals surface area contributed by atoms with Crippen LogP contribution in [0.5, 0.6) is 0 Å². The summed E-state index contributed by atoms with van der Waals surface area (Å²) in [5, 5.41) is 24.0. The van der Waals surface area contributed by atoms with Crippen LogP contribution in [0.15, 0.2) is 0 Å². The molecule has 5 heteroatoms. The fourth-order valence-electron chi connectivity index (χ4n) is 0. The number of hydrogen-bond donors (Lipinski definition) is 1. The van der Waals surface area contributed by atoms with Crippen molar-refractivity contribution in [1.29, 1.82) is 0 Å². The van der Waals surface area contributed by atoms with E-state index in [1.807, 2.05) is 0 Å². The van der Waals surface area contributed by atoms with Crippen LogP contribution >= 0.6 is 0 Å². The van der Waals surface area contributed by atoms with Crippen molar-refractivity contribution in [2.45, 2.75) is 0 Å². The van der Waals surface area contributed by atoms with Crippen LogP contribution in [0, 0.1) is 0 Å². The molecule has 5 heavy (non-hydrogen) atoms. The molecule has 0 amide bonds. The third kappa shape index (κ3) is 53.2. The van der Waals surface area contributed by atoms with E-state index in [2.05, 4.69) is 0 Å². The molecule has 0 rings (SSSR count). The number of rotatable bonds is 0. The molecular formula is HBCdO3. The predicted octanol–water partition coefficient (Wildman–Crippen LogP) is -3.32. The molecule has 3 nitrogen and oxygen atoms in total. The van der Waals surface area contributed by atoms with Crippen LogP contribution in [0.2, 0.25) is 0 Å². The summed E-state index contributed by atoms with van der Waals surface area (Å²) >= 11 is 0. The van der Waals surface area contributed by atoms with Crippen molar-refractivity contribution in [3.63, 3.8) is 0 Å². The minimum Gasteiger partial charge on any atom is -0.871 e. The molecule has 0 aliphatic rings. The van der Waals surface area contributed by atoms with E-state index in [1.165, 1.54) is 0 Å². The van der Waals surface area contributed by atoms with Crippen LogP contribution in [0.3, 0.4) is 0 Å². The van der Waals surface area contributed by atoms with Gasteiger partial charge in [-0.05, 0) is 0 Å². The first kappa shape index (κ1) is 9.29. The topological polar surface area (TPSA) is 66.3 Å². The van der Waals surface area contributed by atoms with Gasteiger partial charge >= 0.3 is 27.3 Å². The smallest absolute Gasteiger partial charge is 0.871 e. The molecule has 1 N–H and O–H groups in total. The zero-order valence-electron chi connectivity index (χ0n) is 2.55. The van der Waals surface area contributed by atoms with Crippen molar-refractivity contribution in [2.75, 3.05) is 0 Å². The van der Waals surface area contributed by atoms with Gasteiger partial charge in [0, 0.05) is 0 Å². The molecule has 0 saturated heterocycles. The molecule has 0 fully saturated rings. The van der Waals surface area contributed by atoms with Gasteiger partial charge in [0.05, 0.1) is 7.32 Å². The van der Waals surface area contributed by atoms with E-state index in [0.717, 1.165) is 0 Å². The van der Waals surface area contributed by atoms with Gasteiger partial charge in [0.25, 0.3) is 0 Å². The quantitative estimate of drug-likeness (QED) is 0.389. The van der Waals surface area contributed by atoms with Crippen LogP contribution in [0.4, 0.5) is 0 Å². The molecular weight excluding hydrogens is 171 g/mol. The third-order valence-corrected chi connectivity index (χ3v) is 0. The van der Waals surface area contributed by atoms with Crippen LogP contribution in [0.25, 0.3) is 0 Å². The molecule has 24 valence electrons. The van der Waals surface area contributed by atoms with Gasteiger partial charge in [-0.15, -0.1) is 0 Å². The predicted molar refractivity (Wildman–Crippen MR) is 7.97 cm³/mol. The van der Waals surface area contributed by atoms with Crippen LogP contribution in [-0.4, -0.2) is 12.3 Å². The Bertz CT molecular complexity index is 11.6. The fourth-order valence-corrected chi connectivity index (χ4v) is 0. The molecule has 0 unspecified atom stereocenters. The molecule has 0 spiro atoms. The first-order valence-electron chi connectivity index (χ1n) is 0.730. The Morgan fingerprint density at radius 3 is 1.40 bits per heavy atom. The maximum Gasteiger partial charge on any atom is 2.00 e. The van der Waals surface area contributed by atoms with E-state index in [-0.39, 0.29) is 27.3 Å². The first-order chi connectivity index (χ1) is 1.73. The molecule has 0 heterocycles. The zero-order chi connectivity index (χ0) is 3.58. The van der Waals surface area contributed by atoms with E-state index in [9.17, 15) is 0 Å². The van der Waals surface area contributed by atoms with Gasteiger partial charge in [-0.1, -0.05) is 0 Å². The SMILES string of the molecule is [Cd+2].[O-]B([O-])O. The average molecular weight is 172 g/mol. The third-order valence-electron chi connectivity index (χ3n) is 0. The van der Waals surface area contributed by atoms with Crippen LogP contribution < -0.4 is 10.0 Å². The standard InChI is InChI=1S/BHO3.Cd/c2-1(3)4;/h2H;/q-2;+2. The fraction of sp³-hybridized carbons (Fsp3) is 0. The van der Waals surface area contributed by atoms with E-state index >= 15 is 0 Å². The van der Waals surface area contributed by atoms with Crippen molar-refractivity contribution in [1.82, 2.24) is 0 Å². The van der Waals surface area contributed by atoms with Gasteiger partial charge in [0.2, 0.25) is 0 Å². The Hall–Kier alpha value is 0.867. The molecule has 0 aromatic carbocycles. The molecule has 0 aromatic rings. The monoisotopic (exact) mass is 174 g/mol. The second-order valence-corrected chi connectivity index (χ2v) is 0.307. The molecule has 0 bridgehead atoms. The van der Waals surface area contributed by atoms with E-state index in [1.54, 1.807) is 0 Å². The van der Waals surface area contributed by atoms with Gasteiger partial charge in [-0.25, -0.2) is 0 Å². The van der Waals surface area contributed by atoms with Crippen LogP contribution in [0.1, 0.15) is 0 Å². The summed E-state index contributed by atoms with van der Waals surface area (Å²) in [7, 11) is -2.67. The average Bonchev–Trinajstić information content (AvgIpc) is 0.811. The minimum atomic E-state index is -2.67. The Kier molecular flexibility index (Phi) is 9.05. The molecule has 0 aliphatic heterocycles. The van der Waals surface area contributed by atoms with Crippen LogP contribution in [-0.2, 0) is 27.3 Å². The Morgan fingerprint density at radius 2 is 1.40 bits per heavy atom. The summed E-state index contributed by atoms with van der Waals surface area (Å²) in [6.07, 6.45) is 0. The first-order valence-corrected chi connectivity index (χ1v) is 0.730. The van der Waals surface area contributed by atoms with Crippen molar-refractivity contribution >= 4 is 7.32 Å². The van der Waals surface area contributed by atoms with Gasteiger partial charge in [-0.2, -0.15) is 0 Å². The summed E-state index contributed by atoms with van der Waals surface area (Å²) in [4.78, 5) is 0. The Labute approximate surface area is 50.0 Å². The number of hydrogen-bond acceptors (Lipinski definition) is 3. The second kappa shape index (κ2) is 4.87. The van der Waals surface area contributed by atoms with E-state index < -0.39 is 7.32 Å². The van der Waals surface area contributed by atoms with Gasteiger partial charge < -0.3 is 15.1 Å². The minimum absolute atomic E-state index is 0. The van der Waals surface area contributed by atoms with Crippen molar-refractivity contribution in [3.8, 4) is 0 Å². The van der Waals surface area contributed by atoms with E-state index in [0.29, 0.717) is 0 Å². The zero-order valence-corrected chi connectivity index (χ0v) is 6.58. The summed E-state index contributed by atoms with van der Waals surface area (Å²) < 4.78 is 0. The maximum atomic E-state index is 8.53. The van der Waals surface area contributed by atoms with Gasteiger partial charge in [0.1, 0.15) is 0 Å². The van der Waals surface area contributed by atoms with E-state index in [4.69, 9.17) is 15.1 Å². The van der Waals surface area contributed by atoms with Crippen molar-refractivity contribution in [3.05, 3.63) is 0 Å². The maximum absolute atomic E-state index is 8.53. The molecule has 0 aliphatic carbocycles. The van der Waals surface area contributed by atoms with Gasteiger partial charge in [0.15, 0.2) is 0 Å². The van der Waals surface area contributed by atoms with Crippen molar-refractivity contribution < 1.29 is 42.4 Å². The molecule has 0 atom stereocenters. The summed E-state index contributed by atoms with van der Waals surface area (Å²) in [5.74, 6) is 0. The summed E-state index contributed by atoms with van der Waals surface area (Å²) in [5.41, 5.74) is 0. The normalized spacial score (nSPS) is 5.40.